The lowest BCUT2D eigenvalue weighted by Crippen LogP contribution is -2.33. The van der Waals surface area contributed by atoms with Gasteiger partial charge in [-0.2, -0.15) is 0 Å². The molecule has 0 saturated heterocycles. The van der Waals surface area contributed by atoms with E-state index in [4.69, 9.17) is 0 Å². The molecule has 2 rings (SSSR count). The van der Waals surface area contributed by atoms with Crippen LogP contribution in [-0.2, 0) is 13.0 Å². The summed E-state index contributed by atoms with van der Waals surface area (Å²) >= 11 is 0. The molecule has 76 valence electrons. The van der Waals surface area contributed by atoms with Gasteiger partial charge in [-0.1, -0.05) is 12.1 Å². The molecule has 1 N–H and O–H groups in total. The predicted octanol–water partition coefficient (Wildman–Crippen LogP) is 1.79. The first-order valence-corrected chi connectivity index (χ1v) is 5.20. The highest BCUT2D eigenvalue weighted by molar-refractivity contribution is 5.56. The van der Waals surface area contributed by atoms with Gasteiger partial charge in [0.2, 0.25) is 0 Å². The molecule has 1 aliphatic rings. The summed E-state index contributed by atoms with van der Waals surface area (Å²) in [4.78, 5) is 2.21. The van der Waals surface area contributed by atoms with Crippen LogP contribution in [-0.4, -0.2) is 20.1 Å². The molecule has 14 heavy (non-hydrogen) atoms. The first-order valence-electron chi connectivity index (χ1n) is 5.20. The minimum Gasteiger partial charge on any atom is -0.377 e. The molecule has 0 fully saturated rings. The maximum absolute atomic E-state index is 3.49. The van der Waals surface area contributed by atoms with Crippen LogP contribution in [0.15, 0.2) is 18.2 Å². The van der Waals surface area contributed by atoms with E-state index in [0.717, 1.165) is 13.0 Å². The molecule has 0 bridgehead atoms. The average molecular weight is 190 g/mol. The normalized spacial score (nSPS) is 20.4. The lowest BCUT2D eigenvalue weighted by molar-refractivity contribution is 0.514. The molecule has 1 aromatic rings. The third kappa shape index (κ3) is 1.62. The molecule has 0 aromatic heterocycles. The lowest BCUT2D eigenvalue weighted by Gasteiger charge is -2.27. The van der Waals surface area contributed by atoms with E-state index in [1.165, 1.54) is 16.8 Å². The quantitative estimate of drug-likeness (QED) is 0.726. The van der Waals surface area contributed by atoms with Gasteiger partial charge in [0, 0.05) is 32.4 Å². The van der Waals surface area contributed by atoms with Crippen LogP contribution >= 0.6 is 0 Å². The fourth-order valence-corrected chi connectivity index (χ4v) is 2.10. The van der Waals surface area contributed by atoms with Crippen LogP contribution in [0.25, 0.3) is 0 Å². The van der Waals surface area contributed by atoms with Crippen molar-refractivity contribution < 1.29 is 0 Å². The highest BCUT2D eigenvalue weighted by atomic mass is 15.1. The van der Waals surface area contributed by atoms with Crippen molar-refractivity contribution >= 4 is 5.69 Å². The smallest absolute Gasteiger partial charge is 0.0397 e. The Labute approximate surface area is 85.9 Å². The number of nitrogens with zero attached hydrogens (tertiary/aromatic N) is 1. The molecule has 0 aliphatic carbocycles. The Morgan fingerprint density at radius 1 is 1.36 bits per heavy atom. The van der Waals surface area contributed by atoms with Crippen molar-refractivity contribution in [2.45, 2.75) is 25.9 Å². The zero-order valence-corrected chi connectivity index (χ0v) is 9.17. The number of fused-ring (bicyclic) bond motifs is 1. The Morgan fingerprint density at radius 3 is 2.86 bits per heavy atom. The van der Waals surface area contributed by atoms with Crippen LogP contribution < -0.4 is 10.2 Å². The third-order valence-electron chi connectivity index (χ3n) is 2.88. The van der Waals surface area contributed by atoms with Gasteiger partial charge in [0.15, 0.2) is 0 Å². The molecule has 1 aromatic carbocycles. The fraction of sp³-hybridized carbons (Fsp3) is 0.500. The van der Waals surface area contributed by atoms with Crippen LogP contribution in [0.3, 0.4) is 0 Å². The van der Waals surface area contributed by atoms with Crippen LogP contribution in [0.1, 0.15) is 18.1 Å². The van der Waals surface area contributed by atoms with E-state index in [0.29, 0.717) is 6.04 Å². The third-order valence-corrected chi connectivity index (χ3v) is 2.88. The molecular formula is C12H18N2. The van der Waals surface area contributed by atoms with Gasteiger partial charge in [0.1, 0.15) is 0 Å². The van der Waals surface area contributed by atoms with Crippen molar-refractivity contribution in [3.8, 4) is 0 Å². The standard InChI is InChI=1S/C12H18N2/c1-9-7-11-10(8-13-9)5-4-6-12(11)14(2)3/h4-6,9,13H,7-8H2,1-3H3. The van der Waals surface area contributed by atoms with Gasteiger partial charge in [-0.15, -0.1) is 0 Å². The maximum atomic E-state index is 3.49. The molecular weight excluding hydrogens is 172 g/mol. The second-order valence-corrected chi connectivity index (χ2v) is 4.30. The van der Waals surface area contributed by atoms with Gasteiger partial charge in [0.25, 0.3) is 0 Å². The number of hydrogen-bond donors (Lipinski definition) is 1. The van der Waals surface area contributed by atoms with Crippen LogP contribution in [0.2, 0.25) is 0 Å². The summed E-state index contributed by atoms with van der Waals surface area (Å²) in [6.07, 6.45) is 1.14. The van der Waals surface area contributed by atoms with Gasteiger partial charge in [-0.05, 0) is 30.5 Å². The van der Waals surface area contributed by atoms with Crippen molar-refractivity contribution in [2.75, 3.05) is 19.0 Å². The maximum Gasteiger partial charge on any atom is 0.0397 e. The molecule has 1 heterocycles. The van der Waals surface area contributed by atoms with Gasteiger partial charge in [-0.25, -0.2) is 0 Å². The number of rotatable bonds is 1. The number of benzene rings is 1. The summed E-state index contributed by atoms with van der Waals surface area (Å²) in [5.41, 5.74) is 4.34. The summed E-state index contributed by atoms with van der Waals surface area (Å²) in [5.74, 6) is 0. The van der Waals surface area contributed by atoms with E-state index >= 15 is 0 Å². The first kappa shape index (κ1) is 9.53. The van der Waals surface area contributed by atoms with E-state index in [9.17, 15) is 0 Å². The van der Waals surface area contributed by atoms with Crippen molar-refractivity contribution in [1.82, 2.24) is 5.32 Å². The second-order valence-electron chi connectivity index (χ2n) is 4.30. The predicted molar refractivity (Wildman–Crippen MR) is 60.8 cm³/mol. The Hall–Kier alpha value is -1.02. The topological polar surface area (TPSA) is 15.3 Å². The molecule has 0 amide bonds. The molecule has 0 saturated carbocycles. The Balaban J connectivity index is 2.43. The summed E-state index contributed by atoms with van der Waals surface area (Å²) < 4.78 is 0. The molecule has 2 nitrogen and oxygen atoms in total. The molecule has 0 spiro atoms. The molecule has 2 heteroatoms. The Kier molecular flexibility index (Phi) is 2.46. The highest BCUT2D eigenvalue weighted by Gasteiger charge is 2.17. The van der Waals surface area contributed by atoms with Crippen LogP contribution in [0.4, 0.5) is 5.69 Å². The Morgan fingerprint density at radius 2 is 2.14 bits per heavy atom. The summed E-state index contributed by atoms with van der Waals surface area (Å²) in [6, 6.07) is 7.17. The van der Waals surface area contributed by atoms with Crippen molar-refractivity contribution in [2.24, 2.45) is 0 Å². The van der Waals surface area contributed by atoms with E-state index in [1.54, 1.807) is 0 Å². The summed E-state index contributed by atoms with van der Waals surface area (Å²) in [5, 5.41) is 3.49. The van der Waals surface area contributed by atoms with Crippen molar-refractivity contribution in [3.63, 3.8) is 0 Å². The second kappa shape index (κ2) is 3.62. The summed E-state index contributed by atoms with van der Waals surface area (Å²) in [7, 11) is 4.23. The van der Waals surface area contributed by atoms with Gasteiger partial charge >= 0.3 is 0 Å². The SMILES string of the molecule is CC1Cc2c(cccc2N(C)C)CN1. The number of hydrogen-bond acceptors (Lipinski definition) is 2. The molecule has 1 aliphatic heterocycles. The fourth-order valence-electron chi connectivity index (χ4n) is 2.10. The Bertz CT molecular complexity index is 331. The van der Waals surface area contributed by atoms with Gasteiger partial charge < -0.3 is 10.2 Å². The van der Waals surface area contributed by atoms with E-state index in [2.05, 4.69) is 49.4 Å². The number of nitrogens with one attached hydrogen (secondary N) is 1. The van der Waals surface area contributed by atoms with Crippen molar-refractivity contribution in [1.29, 1.82) is 0 Å². The van der Waals surface area contributed by atoms with Crippen LogP contribution in [0, 0.1) is 0 Å². The first-order chi connectivity index (χ1) is 6.68. The summed E-state index contributed by atoms with van der Waals surface area (Å²) in [6.45, 7) is 3.26. The van der Waals surface area contributed by atoms with Gasteiger partial charge in [-0.3, -0.25) is 0 Å². The molecule has 1 atom stereocenters. The zero-order valence-electron chi connectivity index (χ0n) is 9.17. The zero-order chi connectivity index (χ0) is 10.1. The van der Waals surface area contributed by atoms with Gasteiger partial charge in [0.05, 0.1) is 0 Å². The highest BCUT2D eigenvalue weighted by Crippen LogP contribution is 2.26. The molecule has 0 radical (unpaired) electrons. The number of anilines is 1. The van der Waals surface area contributed by atoms with Crippen molar-refractivity contribution in [3.05, 3.63) is 29.3 Å². The van der Waals surface area contributed by atoms with Crippen LogP contribution in [0.5, 0.6) is 0 Å². The minimum atomic E-state index is 0.601. The minimum absolute atomic E-state index is 0.601. The molecule has 1 unspecified atom stereocenters. The van der Waals surface area contributed by atoms with E-state index < -0.39 is 0 Å². The largest absolute Gasteiger partial charge is 0.377 e. The lowest BCUT2D eigenvalue weighted by atomic mass is 9.94. The van der Waals surface area contributed by atoms with E-state index in [-0.39, 0.29) is 0 Å². The average Bonchev–Trinajstić information content (AvgIpc) is 2.16. The monoisotopic (exact) mass is 190 g/mol. The van der Waals surface area contributed by atoms with E-state index in [1.807, 2.05) is 0 Å².